The Morgan fingerprint density at radius 1 is 0.690 bits per heavy atom. The van der Waals surface area contributed by atoms with Crippen LogP contribution in [0.25, 0.3) is 44.1 Å². The number of hydrogen-bond donors (Lipinski definition) is 0. The summed E-state index contributed by atoms with van der Waals surface area (Å²) in [5, 5.41) is 3.52. The molecule has 0 bridgehead atoms. The van der Waals surface area contributed by atoms with Crippen LogP contribution in [0.15, 0.2) is 234 Å². The molecule has 9 aromatic rings. The van der Waals surface area contributed by atoms with Crippen molar-refractivity contribution >= 4 is 55.5 Å². The van der Waals surface area contributed by atoms with Crippen LogP contribution in [0, 0.1) is 17.8 Å². The average Bonchev–Trinajstić information content (AvgIpc) is 4.07. The molecule has 7 unspecified atom stereocenters. The number of rotatable bonds is 11. The molecule has 0 fully saturated rings. The van der Waals surface area contributed by atoms with Crippen LogP contribution in [-0.2, 0) is 0 Å². The van der Waals surface area contributed by atoms with Gasteiger partial charge in [-0.15, -0.1) is 0 Å². The lowest BCUT2D eigenvalue weighted by Crippen LogP contribution is -2.41. The molecule has 350 valence electrons. The number of furan rings is 1. The van der Waals surface area contributed by atoms with Gasteiger partial charge in [0.25, 0.3) is 0 Å². The maximum atomic E-state index is 6.56. The van der Waals surface area contributed by atoms with Crippen molar-refractivity contribution in [2.24, 2.45) is 22.7 Å². The molecule has 12 rings (SSSR count). The van der Waals surface area contributed by atoms with Crippen molar-refractivity contribution in [3.05, 3.63) is 252 Å². The summed E-state index contributed by atoms with van der Waals surface area (Å²) in [6.45, 7) is 15.1. The topological polar surface area (TPSA) is 30.4 Å². The first-order valence-electron chi connectivity index (χ1n) is 26.0. The van der Waals surface area contributed by atoms with Gasteiger partial charge in [0.2, 0.25) is 0 Å². The van der Waals surface area contributed by atoms with E-state index < -0.39 is 0 Å². The largest absolute Gasteiger partial charge is 0.456 e. The van der Waals surface area contributed by atoms with Gasteiger partial charge in [-0.3, -0.25) is 4.99 Å². The lowest BCUT2D eigenvalue weighted by atomic mass is 9.68. The van der Waals surface area contributed by atoms with E-state index >= 15 is 0 Å². The number of hydrogen-bond acceptors (Lipinski definition) is 2. The van der Waals surface area contributed by atoms with Gasteiger partial charge in [-0.25, -0.2) is 4.48 Å². The zero-order valence-corrected chi connectivity index (χ0v) is 41.4. The van der Waals surface area contributed by atoms with Crippen LogP contribution < -0.4 is 4.48 Å². The molecule has 7 aromatic carbocycles. The van der Waals surface area contributed by atoms with Gasteiger partial charge in [0.1, 0.15) is 16.9 Å². The number of aliphatic imine (C=N–C) groups is 1. The van der Waals surface area contributed by atoms with Gasteiger partial charge in [0.15, 0.2) is 11.4 Å². The van der Waals surface area contributed by atoms with Crippen LogP contribution in [0.4, 0.5) is 11.4 Å². The van der Waals surface area contributed by atoms with Gasteiger partial charge < -0.3 is 8.98 Å². The minimum atomic E-state index is 0.00765. The Morgan fingerprint density at radius 2 is 1.41 bits per heavy atom. The second-order valence-electron chi connectivity index (χ2n) is 20.2. The highest BCUT2D eigenvalue weighted by molar-refractivity contribution is 6.10. The molecule has 0 saturated heterocycles. The fourth-order valence-corrected chi connectivity index (χ4v) is 13.0. The van der Waals surface area contributed by atoms with E-state index in [4.69, 9.17) is 9.41 Å². The Balaban J connectivity index is 0.992. The van der Waals surface area contributed by atoms with Gasteiger partial charge >= 0.3 is 0 Å². The number of fused-ring (bicyclic) bond motifs is 5. The molecule has 3 aliphatic rings. The molecule has 2 aromatic heterocycles. The summed E-state index contributed by atoms with van der Waals surface area (Å²) in [4.78, 5) is 5.97. The van der Waals surface area contributed by atoms with Crippen molar-refractivity contribution in [2.75, 3.05) is 6.54 Å². The van der Waals surface area contributed by atoms with Gasteiger partial charge in [0.05, 0.1) is 29.2 Å². The normalized spacial score (nSPS) is 23.2. The monoisotopic (exact) mass is 924 g/mol. The first kappa shape index (κ1) is 44.7. The van der Waals surface area contributed by atoms with Crippen molar-refractivity contribution in [1.29, 1.82) is 0 Å². The SMILES string of the molecule is C=CC1=C(c2cn(-c3cccc(C4C(CC)C(c5ccc6c(c5)oc5ccccc56)=NC(C5=CCC(c6ccccc6)C=C5)C(C)C4C)c3)c3ccccc23)c2ccccc2[N+]1(CCC)c1ccccc1. The average molecular weight is 925 g/mol. The summed E-state index contributed by atoms with van der Waals surface area (Å²) in [5.41, 5.74) is 18.1. The van der Waals surface area contributed by atoms with Crippen LogP contribution >= 0.6 is 0 Å². The second kappa shape index (κ2) is 18.3. The first-order valence-corrected chi connectivity index (χ1v) is 26.0. The molecular weight excluding hydrogens is 863 g/mol. The maximum absolute atomic E-state index is 6.56. The smallest absolute Gasteiger partial charge is 0.151 e. The summed E-state index contributed by atoms with van der Waals surface area (Å²) in [5.74, 6) is 1.31. The zero-order chi connectivity index (χ0) is 48.2. The summed E-state index contributed by atoms with van der Waals surface area (Å²) >= 11 is 0. The molecule has 7 atom stereocenters. The number of nitrogens with zero attached hydrogens (tertiary/aromatic N) is 3. The summed E-state index contributed by atoms with van der Waals surface area (Å²) in [6.07, 6.45) is 14.8. The van der Waals surface area contributed by atoms with E-state index in [1.165, 1.54) is 67.1 Å². The highest BCUT2D eigenvalue weighted by atomic mass is 16.3. The molecular formula is C67H62N3O+. The number of para-hydroxylation sites is 4. The van der Waals surface area contributed by atoms with Crippen LogP contribution in [0.5, 0.6) is 0 Å². The fourth-order valence-electron chi connectivity index (χ4n) is 13.0. The highest BCUT2D eigenvalue weighted by Crippen LogP contribution is 2.55. The van der Waals surface area contributed by atoms with E-state index in [-0.39, 0.29) is 23.8 Å². The van der Waals surface area contributed by atoms with Crippen LogP contribution in [0.1, 0.15) is 86.6 Å². The number of quaternary nitrogens is 1. The van der Waals surface area contributed by atoms with E-state index in [9.17, 15) is 0 Å². The predicted molar refractivity (Wildman–Crippen MR) is 299 cm³/mol. The van der Waals surface area contributed by atoms with Crippen LogP contribution in [0.3, 0.4) is 0 Å². The summed E-state index contributed by atoms with van der Waals surface area (Å²) < 4.78 is 9.65. The lowest BCUT2D eigenvalue weighted by Gasteiger charge is -2.35. The molecule has 0 saturated carbocycles. The molecule has 0 N–H and O–H groups in total. The molecule has 4 heteroatoms. The quantitative estimate of drug-likeness (QED) is 0.119. The molecule has 4 heterocycles. The van der Waals surface area contributed by atoms with E-state index in [0.29, 0.717) is 16.3 Å². The third-order valence-corrected chi connectivity index (χ3v) is 16.5. The second-order valence-corrected chi connectivity index (χ2v) is 20.2. The third kappa shape index (κ3) is 7.34. The van der Waals surface area contributed by atoms with E-state index in [1.54, 1.807) is 0 Å². The van der Waals surface area contributed by atoms with Crippen molar-refractivity contribution in [3.63, 3.8) is 0 Å². The molecule has 2 aliphatic heterocycles. The predicted octanol–water partition coefficient (Wildman–Crippen LogP) is 17.5. The molecule has 4 nitrogen and oxygen atoms in total. The van der Waals surface area contributed by atoms with Crippen LogP contribution in [-0.4, -0.2) is 22.9 Å². The van der Waals surface area contributed by atoms with E-state index in [0.717, 1.165) is 59.0 Å². The molecule has 0 spiro atoms. The van der Waals surface area contributed by atoms with Gasteiger partial charge in [-0.2, -0.15) is 0 Å². The van der Waals surface area contributed by atoms with Crippen molar-refractivity contribution in [3.8, 4) is 5.69 Å². The fraction of sp³-hybridized carbons (Fsp3) is 0.209. The van der Waals surface area contributed by atoms with Gasteiger partial charge in [-0.1, -0.05) is 168 Å². The van der Waals surface area contributed by atoms with Gasteiger partial charge in [0, 0.05) is 57.2 Å². The van der Waals surface area contributed by atoms with Crippen molar-refractivity contribution in [1.82, 2.24) is 9.05 Å². The number of allylic oxidation sites excluding steroid dienone is 3. The summed E-state index contributed by atoms with van der Waals surface area (Å²) in [6, 6.07) is 64.6. The highest BCUT2D eigenvalue weighted by Gasteiger charge is 2.47. The Kier molecular flexibility index (Phi) is 11.5. The zero-order valence-electron chi connectivity index (χ0n) is 41.4. The Labute approximate surface area is 418 Å². The van der Waals surface area contributed by atoms with Crippen molar-refractivity contribution in [2.45, 2.75) is 64.8 Å². The lowest BCUT2D eigenvalue weighted by molar-refractivity contribution is 0.278. The Morgan fingerprint density at radius 3 is 2.18 bits per heavy atom. The number of aromatic nitrogens is 1. The molecule has 71 heavy (non-hydrogen) atoms. The third-order valence-electron chi connectivity index (χ3n) is 16.5. The Hall–Kier alpha value is -7.53. The van der Waals surface area contributed by atoms with Gasteiger partial charge in [-0.05, 0) is 120 Å². The van der Waals surface area contributed by atoms with Crippen molar-refractivity contribution < 1.29 is 4.42 Å². The van der Waals surface area contributed by atoms with Crippen LogP contribution in [0.2, 0.25) is 0 Å². The first-order chi connectivity index (χ1) is 34.9. The number of benzene rings is 7. The van der Waals surface area contributed by atoms with E-state index in [2.05, 4.69) is 245 Å². The Bertz CT molecular complexity index is 3600. The maximum Gasteiger partial charge on any atom is 0.151 e. The molecule has 1 aliphatic carbocycles. The minimum Gasteiger partial charge on any atom is -0.456 e. The standard InChI is InChI=1S/C67H62N3O/c1-6-40-70(52-26-13-10-14-27-52)60(8-3)65(57-30-16-19-32-61(57)70)58-43-69(59-31-18-15-28-54(58)59)51-25-21-24-49(41-51)64-44(4)45(5)66(48-36-34-47(35-37-48)46-22-11-9-12-23-46)68-67(53(64)7-2)50-38-39-56-55-29-17-20-33-62(55)71-63(56)42-50/h8-34,36-39,41-45,47,53,64,66H,3,6-7,35,40H2,1-2,4-5H3/q+1. The minimum absolute atomic E-state index is 0.00765. The molecule has 0 radical (unpaired) electrons. The molecule has 0 amide bonds. The summed E-state index contributed by atoms with van der Waals surface area (Å²) in [7, 11) is 0. The van der Waals surface area contributed by atoms with E-state index in [1.807, 2.05) is 0 Å².